The number of unbranched alkanes of at least 4 members (excludes halogenated alkanes) is 15. The molecule has 178 valence electrons. The van der Waals surface area contributed by atoms with E-state index in [1.807, 2.05) is 20.8 Å². The van der Waals surface area contributed by atoms with Crippen LogP contribution in [0.5, 0.6) is 0 Å². The molecule has 0 saturated carbocycles. The third kappa shape index (κ3) is 18.8. The Kier molecular flexibility index (Phi) is 25.1. The molecule has 0 saturated heterocycles. The van der Waals surface area contributed by atoms with Gasteiger partial charge >= 0.3 is 0 Å². The molecule has 29 heavy (non-hydrogen) atoms. The lowest BCUT2D eigenvalue weighted by molar-refractivity contribution is -0.298. The largest absolute Gasteiger partial charge is 0.338 e. The molecule has 3 nitrogen and oxygen atoms in total. The van der Waals surface area contributed by atoms with Crippen molar-refractivity contribution >= 4 is 17.0 Å². The number of ether oxygens (including phenoxy) is 2. The summed E-state index contributed by atoms with van der Waals surface area (Å²) in [5.41, 5.74) is 0. The van der Waals surface area contributed by atoms with Crippen molar-refractivity contribution in [1.29, 1.82) is 0 Å². The summed E-state index contributed by atoms with van der Waals surface area (Å²) in [4.78, 5) is 2.21. The van der Waals surface area contributed by atoms with Gasteiger partial charge in [-0.05, 0) is 27.3 Å². The first-order valence-electron chi connectivity index (χ1n) is 12.6. The van der Waals surface area contributed by atoms with Crippen LogP contribution in [0, 0.1) is 0 Å². The summed E-state index contributed by atoms with van der Waals surface area (Å²) in [6.07, 6.45) is 22.6. The molecule has 0 aliphatic heterocycles. The van der Waals surface area contributed by atoms with Crippen LogP contribution in [0.2, 0.25) is 0 Å². The van der Waals surface area contributed by atoms with Crippen molar-refractivity contribution < 1.29 is 9.47 Å². The van der Waals surface area contributed by atoms with Crippen LogP contribution in [0.25, 0.3) is 0 Å². The van der Waals surface area contributed by atoms with Gasteiger partial charge in [0.25, 0.3) is 0 Å². The zero-order chi connectivity index (χ0) is 20.9. The number of halogens is 1. The number of rotatable bonds is 22. The molecule has 0 aliphatic carbocycles. The molecule has 0 fully saturated rings. The zero-order valence-corrected chi connectivity index (χ0v) is 22.3. The highest BCUT2D eigenvalue weighted by atomic mass is 79.9. The summed E-state index contributed by atoms with van der Waals surface area (Å²) in [6.45, 7) is 10.8. The third-order valence-electron chi connectivity index (χ3n) is 5.86. The SMILES string of the molecule is Br.CCCCCCCCCCCCCCCCCCN(C)C(C)(OCC)OCC. The molecule has 0 rings (SSSR count). The van der Waals surface area contributed by atoms with Gasteiger partial charge in [0.2, 0.25) is 5.91 Å². The Morgan fingerprint density at radius 1 is 0.552 bits per heavy atom. The summed E-state index contributed by atoms with van der Waals surface area (Å²) in [5.74, 6) is -0.570. The third-order valence-corrected chi connectivity index (χ3v) is 5.86. The molecule has 0 unspecified atom stereocenters. The summed E-state index contributed by atoms with van der Waals surface area (Å²) in [5, 5.41) is 0. The normalized spacial score (nSPS) is 11.8. The summed E-state index contributed by atoms with van der Waals surface area (Å²) < 4.78 is 11.6. The molecule has 0 aromatic heterocycles. The van der Waals surface area contributed by atoms with Crippen molar-refractivity contribution in [2.75, 3.05) is 26.8 Å². The van der Waals surface area contributed by atoms with E-state index in [4.69, 9.17) is 9.47 Å². The minimum Gasteiger partial charge on any atom is -0.338 e. The predicted molar refractivity (Wildman–Crippen MR) is 134 cm³/mol. The van der Waals surface area contributed by atoms with E-state index < -0.39 is 5.91 Å². The van der Waals surface area contributed by atoms with Crippen molar-refractivity contribution in [3.05, 3.63) is 0 Å². The van der Waals surface area contributed by atoms with Gasteiger partial charge in [-0.1, -0.05) is 103 Å². The number of nitrogens with zero attached hydrogens (tertiary/aromatic N) is 1. The fourth-order valence-electron chi connectivity index (χ4n) is 3.90. The van der Waals surface area contributed by atoms with Gasteiger partial charge in [-0.15, -0.1) is 17.0 Å². The Balaban J connectivity index is 0. The van der Waals surface area contributed by atoms with Crippen LogP contribution in [-0.2, 0) is 9.47 Å². The smallest absolute Gasteiger partial charge is 0.226 e. The first-order valence-corrected chi connectivity index (χ1v) is 12.6. The molecule has 0 aromatic carbocycles. The van der Waals surface area contributed by atoms with Crippen LogP contribution in [0.4, 0.5) is 0 Å². The first-order chi connectivity index (χ1) is 13.6. The molecule has 0 N–H and O–H groups in total. The Labute approximate surface area is 194 Å². The van der Waals surface area contributed by atoms with E-state index in [0.29, 0.717) is 13.2 Å². The highest BCUT2D eigenvalue weighted by Gasteiger charge is 2.29. The minimum atomic E-state index is -0.570. The Morgan fingerprint density at radius 3 is 1.17 bits per heavy atom. The van der Waals surface area contributed by atoms with Crippen LogP contribution in [0.1, 0.15) is 130 Å². The molecule has 0 radical (unpaired) electrons. The lowest BCUT2D eigenvalue weighted by Crippen LogP contribution is -2.49. The van der Waals surface area contributed by atoms with E-state index in [1.54, 1.807) is 0 Å². The fourth-order valence-corrected chi connectivity index (χ4v) is 3.90. The maximum absolute atomic E-state index is 5.81. The van der Waals surface area contributed by atoms with Crippen LogP contribution in [0.15, 0.2) is 0 Å². The molecular weight excluding hydrogens is 426 g/mol. The molecule has 0 amide bonds. The Morgan fingerprint density at radius 2 is 0.862 bits per heavy atom. The second-order valence-corrected chi connectivity index (χ2v) is 8.49. The maximum atomic E-state index is 5.81. The van der Waals surface area contributed by atoms with Gasteiger partial charge in [0, 0.05) is 26.7 Å². The average molecular weight is 481 g/mol. The van der Waals surface area contributed by atoms with Crippen molar-refractivity contribution in [3.63, 3.8) is 0 Å². The van der Waals surface area contributed by atoms with Crippen molar-refractivity contribution in [1.82, 2.24) is 4.90 Å². The quantitative estimate of drug-likeness (QED) is 0.114. The molecule has 0 aromatic rings. The maximum Gasteiger partial charge on any atom is 0.226 e. The topological polar surface area (TPSA) is 21.7 Å². The summed E-state index contributed by atoms with van der Waals surface area (Å²) >= 11 is 0. The van der Waals surface area contributed by atoms with Gasteiger partial charge in [0.05, 0.1) is 0 Å². The van der Waals surface area contributed by atoms with E-state index >= 15 is 0 Å². The second kappa shape index (κ2) is 23.0. The predicted octanol–water partition coefficient (Wildman–Crippen LogP) is 8.50. The molecule has 0 atom stereocenters. The van der Waals surface area contributed by atoms with Crippen LogP contribution >= 0.6 is 17.0 Å². The molecular formula is C25H54BrNO2. The zero-order valence-electron chi connectivity index (χ0n) is 20.6. The second-order valence-electron chi connectivity index (χ2n) is 8.49. The van der Waals surface area contributed by atoms with Gasteiger partial charge in [-0.2, -0.15) is 0 Å². The first kappa shape index (κ1) is 31.5. The van der Waals surface area contributed by atoms with Gasteiger partial charge < -0.3 is 9.47 Å². The van der Waals surface area contributed by atoms with E-state index in [1.165, 1.54) is 103 Å². The lowest BCUT2D eigenvalue weighted by Gasteiger charge is -2.37. The van der Waals surface area contributed by atoms with Gasteiger partial charge in [0.1, 0.15) is 0 Å². The van der Waals surface area contributed by atoms with Crippen molar-refractivity contribution in [3.8, 4) is 0 Å². The monoisotopic (exact) mass is 479 g/mol. The number of hydrogen-bond donors (Lipinski definition) is 0. The van der Waals surface area contributed by atoms with Crippen molar-refractivity contribution in [2.24, 2.45) is 0 Å². The lowest BCUT2D eigenvalue weighted by atomic mass is 10.0. The standard InChI is InChI=1S/C25H53NO2.BrH/c1-6-9-10-11-12-13-14-15-16-17-18-19-20-21-22-23-24-26(5)25(4,27-7-2)28-8-3;/h6-24H2,1-5H3;1H. The Bertz CT molecular complexity index is 309. The van der Waals surface area contributed by atoms with Crippen LogP contribution in [-0.4, -0.2) is 37.6 Å². The van der Waals surface area contributed by atoms with E-state index in [-0.39, 0.29) is 17.0 Å². The molecule has 0 spiro atoms. The van der Waals surface area contributed by atoms with Gasteiger partial charge in [-0.3, -0.25) is 4.90 Å². The average Bonchev–Trinajstić information content (AvgIpc) is 2.67. The van der Waals surface area contributed by atoms with Crippen molar-refractivity contribution in [2.45, 2.75) is 136 Å². The molecule has 0 bridgehead atoms. The van der Waals surface area contributed by atoms with E-state index in [2.05, 4.69) is 18.9 Å². The highest BCUT2D eigenvalue weighted by Crippen LogP contribution is 2.18. The Hall–Kier alpha value is 0.360. The minimum absolute atomic E-state index is 0. The summed E-state index contributed by atoms with van der Waals surface area (Å²) in [7, 11) is 2.11. The van der Waals surface area contributed by atoms with Crippen LogP contribution in [0.3, 0.4) is 0 Å². The highest BCUT2D eigenvalue weighted by molar-refractivity contribution is 8.93. The molecule has 0 aliphatic rings. The summed E-state index contributed by atoms with van der Waals surface area (Å²) in [6, 6.07) is 0. The van der Waals surface area contributed by atoms with Crippen LogP contribution < -0.4 is 0 Å². The van der Waals surface area contributed by atoms with E-state index in [0.717, 1.165) is 6.54 Å². The molecule has 4 heteroatoms. The van der Waals surface area contributed by atoms with Gasteiger partial charge in [-0.25, -0.2) is 0 Å². The number of hydrogen-bond acceptors (Lipinski definition) is 3. The fraction of sp³-hybridized carbons (Fsp3) is 1.00. The van der Waals surface area contributed by atoms with E-state index in [9.17, 15) is 0 Å². The van der Waals surface area contributed by atoms with Gasteiger partial charge in [0.15, 0.2) is 0 Å². The molecule has 0 heterocycles.